The van der Waals surface area contributed by atoms with Gasteiger partial charge in [0.15, 0.2) is 11.5 Å². The van der Waals surface area contributed by atoms with Gasteiger partial charge in [-0.15, -0.1) is 0 Å². The van der Waals surface area contributed by atoms with Crippen molar-refractivity contribution in [3.8, 4) is 45.1 Å². The van der Waals surface area contributed by atoms with Gasteiger partial charge in [0.1, 0.15) is 41.0 Å². The lowest BCUT2D eigenvalue weighted by Gasteiger charge is -2.35. The standard InChI is InChI=1S/C58H73N9O10/c1-55(2,3)46(63-52(70)76-57(7,8)9)50(68)66-25-13-14-42(66)48-59-27-40(61-48)35-19-15-33(16-20-35)34-17-21-36(22-18-34)41-28-60-49(62-41)43-26-38(30-67(43)51(69)47(56(4,5)6)64-53(71)77-58(10,11)12)75-54(72)65-29-37-23-24-44-45(39(37)31-65)74-32-73-44/h15-24,27-28,38,42-43,46-47H,13-14,25-26,29-32H2,1-12H3,(H,59,61)(H,60,62)(H,63,70)(H,64,71)/t38-,42+,43+,46-,47-/m1/s1. The first-order chi connectivity index (χ1) is 36.2. The second kappa shape index (κ2) is 20.8. The number of benzene rings is 3. The topological polar surface area (TPSA) is 223 Å². The molecule has 4 N–H and O–H groups in total. The van der Waals surface area contributed by atoms with Crippen molar-refractivity contribution in [2.45, 2.75) is 157 Å². The lowest BCUT2D eigenvalue weighted by Crippen LogP contribution is -2.55. The van der Waals surface area contributed by atoms with Gasteiger partial charge in [-0.25, -0.2) is 24.4 Å². The summed E-state index contributed by atoms with van der Waals surface area (Å²) in [4.78, 5) is 90.3. The molecular formula is C58H73N9O10. The van der Waals surface area contributed by atoms with Gasteiger partial charge >= 0.3 is 18.3 Å². The quantitative estimate of drug-likeness (QED) is 0.0960. The molecule has 5 atom stereocenters. The number of nitrogens with one attached hydrogen (secondary N) is 4. The van der Waals surface area contributed by atoms with Gasteiger partial charge in [0.05, 0.1) is 42.8 Å². The highest BCUT2D eigenvalue weighted by Crippen LogP contribution is 2.43. The highest BCUT2D eigenvalue weighted by Gasteiger charge is 2.47. The minimum Gasteiger partial charge on any atom is -0.454 e. The average Bonchev–Trinajstić information content (AvgIpc) is 4.21. The number of imidazole rings is 2. The molecule has 4 aliphatic rings. The summed E-state index contributed by atoms with van der Waals surface area (Å²) >= 11 is 0. The van der Waals surface area contributed by atoms with Crippen LogP contribution < -0.4 is 20.1 Å². The lowest BCUT2D eigenvalue weighted by molar-refractivity contribution is -0.138. The van der Waals surface area contributed by atoms with E-state index in [2.05, 4.69) is 20.6 Å². The third kappa shape index (κ3) is 12.2. The molecule has 5 amide bonds. The van der Waals surface area contributed by atoms with Crippen LogP contribution in [0.15, 0.2) is 73.1 Å². The zero-order valence-corrected chi connectivity index (χ0v) is 46.3. The summed E-state index contributed by atoms with van der Waals surface area (Å²) < 4.78 is 28.5. The SMILES string of the molecule is CC(C)(C)OC(=O)N[C@H](C(=O)N1CCC[C@H]1c1nc(-c2ccc(-c3ccc(-c4cnc([C@@H]5C[C@@H](OC(=O)N6Cc7ccc8c(c7C6)OCO8)CN5C(=O)[C@@H](NC(=O)OC(C)(C)C)C(C)(C)C)[nH]4)cc3)cc2)c[nH]1)C(C)(C)C. The van der Waals surface area contributed by atoms with E-state index in [1.54, 1.807) is 57.5 Å². The van der Waals surface area contributed by atoms with Crippen LogP contribution in [0.5, 0.6) is 11.5 Å². The van der Waals surface area contributed by atoms with Crippen molar-refractivity contribution < 1.29 is 47.7 Å². The zero-order chi connectivity index (χ0) is 55.4. The molecule has 2 aromatic heterocycles. The Morgan fingerprint density at radius 1 is 0.688 bits per heavy atom. The number of H-pyrrole nitrogens is 2. The number of aromatic amines is 2. The molecule has 410 valence electrons. The number of rotatable bonds is 10. The number of carbonyl (C=O) groups excluding carboxylic acids is 5. The van der Waals surface area contributed by atoms with Crippen LogP contribution in [0.1, 0.15) is 137 Å². The van der Waals surface area contributed by atoms with Crippen LogP contribution in [0, 0.1) is 10.8 Å². The van der Waals surface area contributed by atoms with Crippen molar-refractivity contribution in [3.63, 3.8) is 0 Å². The summed E-state index contributed by atoms with van der Waals surface area (Å²) in [5, 5.41) is 5.68. The first-order valence-electron chi connectivity index (χ1n) is 26.5. The summed E-state index contributed by atoms with van der Waals surface area (Å²) in [5.41, 5.74) is 4.32. The fraction of sp³-hybridized carbons (Fsp3) is 0.500. The van der Waals surface area contributed by atoms with Gasteiger partial charge in [-0.3, -0.25) is 14.5 Å². The Bertz CT molecular complexity index is 3010. The van der Waals surface area contributed by atoms with Crippen LogP contribution in [0.4, 0.5) is 14.4 Å². The van der Waals surface area contributed by atoms with E-state index in [0.29, 0.717) is 42.8 Å². The van der Waals surface area contributed by atoms with Crippen molar-refractivity contribution in [1.82, 2.24) is 45.3 Å². The first kappa shape index (κ1) is 54.2. The predicted molar refractivity (Wildman–Crippen MR) is 287 cm³/mol. The molecule has 0 radical (unpaired) electrons. The Morgan fingerprint density at radius 3 is 1.87 bits per heavy atom. The third-order valence-corrected chi connectivity index (χ3v) is 14.1. The Hall–Kier alpha value is -7.57. The van der Waals surface area contributed by atoms with Crippen molar-refractivity contribution in [2.75, 3.05) is 19.9 Å². The van der Waals surface area contributed by atoms with Crippen LogP contribution in [0.25, 0.3) is 33.6 Å². The molecule has 77 heavy (non-hydrogen) atoms. The largest absolute Gasteiger partial charge is 0.454 e. The molecular weight excluding hydrogens is 983 g/mol. The number of amides is 5. The van der Waals surface area contributed by atoms with E-state index >= 15 is 0 Å². The molecule has 0 spiro atoms. The van der Waals surface area contributed by atoms with Gasteiger partial charge in [-0.2, -0.15) is 0 Å². The summed E-state index contributed by atoms with van der Waals surface area (Å²) in [5.74, 6) is 1.96. The minimum atomic E-state index is -0.983. The maximum atomic E-state index is 14.8. The second-order valence-corrected chi connectivity index (χ2v) is 24.6. The number of alkyl carbamates (subject to hydrolysis) is 2. The summed E-state index contributed by atoms with van der Waals surface area (Å²) in [7, 11) is 0. The molecule has 9 rings (SSSR count). The lowest BCUT2D eigenvalue weighted by atomic mass is 9.85. The number of carbonyl (C=O) groups is 5. The van der Waals surface area contributed by atoms with Gasteiger partial charge < -0.3 is 54.1 Å². The fourth-order valence-corrected chi connectivity index (χ4v) is 10.4. The van der Waals surface area contributed by atoms with Gasteiger partial charge in [-0.1, -0.05) is 96.1 Å². The molecule has 2 saturated heterocycles. The van der Waals surface area contributed by atoms with Crippen molar-refractivity contribution in [1.29, 1.82) is 0 Å². The summed E-state index contributed by atoms with van der Waals surface area (Å²) in [6.45, 7) is 23.5. The Labute approximate surface area is 450 Å². The molecule has 3 aromatic carbocycles. The van der Waals surface area contributed by atoms with E-state index in [1.807, 2.05) is 113 Å². The summed E-state index contributed by atoms with van der Waals surface area (Å²) in [6.07, 6.45) is 2.87. The van der Waals surface area contributed by atoms with E-state index < -0.39 is 64.5 Å². The highest BCUT2D eigenvalue weighted by atomic mass is 16.7. The molecule has 19 nitrogen and oxygen atoms in total. The molecule has 0 bridgehead atoms. The van der Waals surface area contributed by atoms with Gasteiger partial charge in [-0.05, 0) is 93.5 Å². The van der Waals surface area contributed by atoms with Crippen LogP contribution in [-0.2, 0) is 36.9 Å². The van der Waals surface area contributed by atoms with Crippen molar-refractivity contribution >= 4 is 30.1 Å². The molecule has 19 heteroatoms. The average molecular weight is 1060 g/mol. The third-order valence-electron chi connectivity index (χ3n) is 14.1. The van der Waals surface area contributed by atoms with Gasteiger partial charge in [0, 0.05) is 36.8 Å². The number of ether oxygens (including phenoxy) is 5. The van der Waals surface area contributed by atoms with Crippen LogP contribution in [-0.4, -0.2) is 114 Å². The van der Waals surface area contributed by atoms with Crippen LogP contribution >= 0.6 is 0 Å². The van der Waals surface area contributed by atoms with Crippen molar-refractivity contribution in [2.24, 2.45) is 10.8 Å². The molecule has 5 aromatic rings. The van der Waals surface area contributed by atoms with E-state index in [0.717, 1.165) is 57.6 Å². The first-order valence-corrected chi connectivity index (χ1v) is 26.5. The molecule has 6 heterocycles. The minimum absolute atomic E-state index is 0.0740. The normalized spacial score (nSPS) is 19.2. The predicted octanol–water partition coefficient (Wildman–Crippen LogP) is 10.2. The molecule has 0 unspecified atom stereocenters. The van der Waals surface area contributed by atoms with Gasteiger partial charge in [0.25, 0.3) is 0 Å². The van der Waals surface area contributed by atoms with Gasteiger partial charge in [0.2, 0.25) is 18.6 Å². The molecule has 2 fully saturated rings. The zero-order valence-electron chi connectivity index (χ0n) is 46.3. The Morgan fingerprint density at radius 2 is 1.27 bits per heavy atom. The van der Waals surface area contributed by atoms with Crippen LogP contribution in [0.3, 0.4) is 0 Å². The smallest absolute Gasteiger partial charge is 0.410 e. The fourth-order valence-electron chi connectivity index (χ4n) is 10.4. The monoisotopic (exact) mass is 1060 g/mol. The van der Waals surface area contributed by atoms with E-state index in [1.165, 1.54) is 0 Å². The Balaban J connectivity index is 0.884. The number of hydrogen-bond donors (Lipinski definition) is 4. The summed E-state index contributed by atoms with van der Waals surface area (Å²) in [6, 6.07) is 17.3. The number of nitrogens with zero attached hydrogens (tertiary/aromatic N) is 5. The van der Waals surface area contributed by atoms with Crippen LogP contribution in [0.2, 0.25) is 0 Å². The van der Waals surface area contributed by atoms with E-state index in [9.17, 15) is 24.0 Å². The maximum Gasteiger partial charge on any atom is 0.410 e. The van der Waals surface area contributed by atoms with Crippen molar-refractivity contribution in [3.05, 3.63) is 95.8 Å². The maximum absolute atomic E-state index is 14.8. The number of likely N-dealkylation sites (tertiary alicyclic amines) is 2. The second-order valence-electron chi connectivity index (χ2n) is 24.6. The molecule has 4 aliphatic heterocycles. The van der Waals surface area contributed by atoms with E-state index in [-0.39, 0.29) is 37.6 Å². The molecule has 0 aliphatic carbocycles. The van der Waals surface area contributed by atoms with E-state index in [4.69, 9.17) is 33.7 Å². The Kier molecular flexibility index (Phi) is 14.6. The number of aromatic nitrogens is 4. The molecule has 0 saturated carbocycles. The number of fused-ring (bicyclic) bond motifs is 3. The highest BCUT2D eigenvalue weighted by molar-refractivity contribution is 5.88. The number of hydrogen-bond acceptors (Lipinski definition) is 12.